The molecule has 0 saturated carbocycles. The van der Waals surface area contributed by atoms with Crippen molar-refractivity contribution in [2.45, 2.75) is 38.1 Å². The van der Waals surface area contributed by atoms with Crippen molar-refractivity contribution < 1.29 is 24.2 Å². The van der Waals surface area contributed by atoms with Crippen molar-refractivity contribution in [3.63, 3.8) is 0 Å². The highest BCUT2D eigenvalue weighted by atomic mass is 16.5. The summed E-state index contributed by atoms with van der Waals surface area (Å²) in [5.74, 6) is 0.706. The van der Waals surface area contributed by atoms with Crippen LogP contribution in [0.1, 0.15) is 40.0 Å². The third kappa shape index (κ3) is 5.86. The van der Waals surface area contributed by atoms with Crippen LogP contribution in [-0.2, 0) is 22.4 Å². The average Bonchev–Trinajstić information content (AvgIpc) is 3.26. The van der Waals surface area contributed by atoms with E-state index in [4.69, 9.17) is 9.47 Å². The minimum absolute atomic E-state index is 0.229. The summed E-state index contributed by atoms with van der Waals surface area (Å²) in [4.78, 5) is 37.2. The zero-order valence-corrected chi connectivity index (χ0v) is 20.9. The number of nitrogens with zero attached hydrogens (tertiary/aromatic N) is 5. The van der Waals surface area contributed by atoms with Crippen LogP contribution in [0, 0.1) is 11.3 Å². The van der Waals surface area contributed by atoms with Gasteiger partial charge in [0, 0.05) is 52.7 Å². The lowest BCUT2D eigenvalue weighted by Gasteiger charge is -2.30. The Hall–Kier alpha value is -3.63. The topological polar surface area (TPSA) is 153 Å². The molecule has 2 aromatic rings. The molecule has 3 N–H and O–H groups in total. The van der Waals surface area contributed by atoms with E-state index in [1.807, 2.05) is 11.0 Å². The van der Waals surface area contributed by atoms with Crippen molar-refractivity contribution in [3.05, 3.63) is 40.7 Å². The number of amides is 2. The van der Waals surface area contributed by atoms with E-state index >= 15 is 0 Å². The summed E-state index contributed by atoms with van der Waals surface area (Å²) in [5.41, 5.74) is 2.67. The molecule has 0 spiro atoms. The van der Waals surface area contributed by atoms with Crippen LogP contribution in [0.25, 0.3) is 0 Å². The second-order valence-corrected chi connectivity index (χ2v) is 8.91. The largest absolute Gasteiger partial charge is 0.383 e. The Labute approximate surface area is 215 Å². The highest BCUT2D eigenvalue weighted by molar-refractivity contribution is 6.01. The third-order valence-electron chi connectivity index (χ3n) is 6.60. The Morgan fingerprint density at radius 1 is 1.35 bits per heavy atom. The molecule has 0 aliphatic carbocycles. The number of aliphatic hydroxyl groups is 1. The summed E-state index contributed by atoms with van der Waals surface area (Å²) >= 11 is 0. The Balaban J connectivity index is 1.53. The van der Waals surface area contributed by atoms with E-state index in [-0.39, 0.29) is 17.6 Å². The van der Waals surface area contributed by atoms with E-state index in [0.717, 1.165) is 12.0 Å². The Kier molecular flexibility index (Phi) is 8.62. The number of methoxy groups -OCH3 is 2. The quantitative estimate of drug-likeness (QED) is 0.336. The van der Waals surface area contributed by atoms with Crippen molar-refractivity contribution in [2.75, 3.05) is 56.0 Å². The van der Waals surface area contributed by atoms with Gasteiger partial charge >= 0.3 is 6.03 Å². The molecule has 12 nitrogen and oxygen atoms in total. The SMILES string of the molecule is COCCNc1cc(NC(=O)N2CCCc3cc(CN4CCC(OC)C4O)c(C=O)nc32)ncc1C#N. The highest BCUT2D eigenvalue weighted by Crippen LogP contribution is 2.30. The van der Waals surface area contributed by atoms with Gasteiger partial charge in [-0.25, -0.2) is 14.8 Å². The van der Waals surface area contributed by atoms with Gasteiger partial charge in [-0.15, -0.1) is 0 Å². The van der Waals surface area contributed by atoms with Crippen molar-refractivity contribution in [1.82, 2.24) is 14.9 Å². The molecule has 196 valence electrons. The summed E-state index contributed by atoms with van der Waals surface area (Å²) in [6.07, 6.45) is 3.19. The van der Waals surface area contributed by atoms with Gasteiger partial charge in [0.25, 0.3) is 0 Å². The van der Waals surface area contributed by atoms with Crippen LogP contribution in [0.5, 0.6) is 0 Å². The zero-order valence-electron chi connectivity index (χ0n) is 20.9. The zero-order chi connectivity index (χ0) is 26.4. The standard InChI is InChI=1S/C25H31N7O5/c1-36-9-6-27-19-11-22(28-13-18(19)12-26)30-25(35)32-7-3-4-16-10-17(20(15-33)29-23(16)32)14-31-8-5-21(37-2)24(31)34/h10-11,13,15,21,24,34H,3-9,14H2,1-2H3,(H2,27,28,30,35). The number of fused-ring (bicyclic) bond motifs is 1. The van der Waals surface area contributed by atoms with Crippen LogP contribution in [0.2, 0.25) is 0 Å². The van der Waals surface area contributed by atoms with Gasteiger partial charge in [0.2, 0.25) is 0 Å². The van der Waals surface area contributed by atoms with E-state index in [1.54, 1.807) is 20.3 Å². The number of ether oxygens (including phenoxy) is 2. The molecule has 2 amide bonds. The number of likely N-dealkylation sites (tertiary alicyclic amines) is 1. The van der Waals surface area contributed by atoms with Gasteiger partial charge in [-0.05, 0) is 36.5 Å². The van der Waals surface area contributed by atoms with Gasteiger partial charge in [0.1, 0.15) is 29.6 Å². The molecule has 0 radical (unpaired) electrons. The summed E-state index contributed by atoms with van der Waals surface area (Å²) < 4.78 is 10.3. The number of aromatic nitrogens is 2. The normalized spacial score (nSPS) is 19.2. The molecule has 37 heavy (non-hydrogen) atoms. The number of carbonyl (C=O) groups is 2. The molecule has 4 heterocycles. The highest BCUT2D eigenvalue weighted by Gasteiger charge is 2.33. The van der Waals surface area contributed by atoms with Crippen LogP contribution >= 0.6 is 0 Å². The fourth-order valence-corrected chi connectivity index (χ4v) is 4.65. The number of aldehydes is 1. The number of carbonyl (C=O) groups excluding carboxylic acids is 2. The maximum Gasteiger partial charge on any atom is 0.328 e. The molecule has 2 aliphatic rings. The number of nitrogens with one attached hydrogen (secondary N) is 2. The molecule has 4 rings (SSSR count). The first-order valence-corrected chi connectivity index (χ1v) is 12.1. The fourth-order valence-electron chi connectivity index (χ4n) is 4.65. The van der Waals surface area contributed by atoms with E-state index < -0.39 is 12.3 Å². The predicted octanol–water partition coefficient (Wildman–Crippen LogP) is 1.74. The molecule has 0 bridgehead atoms. The van der Waals surface area contributed by atoms with Crippen LogP contribution < -0.4 is 15.5 Å². The summed E-state index contributed by atoms with van der Waals surface area (Å²) in [6.45, 7) is 2.37. The summed E-state index contributed by atoms with van der Waals surface area (Å²) in [6, 6.07) is 5.13. The number of aryl methyl sites for hydroxylation is 1. The lowest BCUT2D eigenvalue weighted by atomic mass is 10.0. The molecule has 2 unspecified atom stereocenters. The minimum atomic E-state index is -0.753. The van der Waals surface area contributed by atoms with Gasteiger partial charge in [-0.1, -0.05) is 0 Å². The molecular formula is C25H31N7O5. The number of hydrogen-bond donors (Lipinski definition) is 3. The van der Waals surface area contributed by atoms with Gasteiger partial charge < -0.3 is 19.9 Å². The Bertz CT molecular complexity index is 1180. The van der Waals surface area contributed by atoms with E-state index in [9.17, 15) is 20.0 Å². The van der Waals surface area contributed by atoms with Crippen molar-refractivity contribution in [3.8, 4) is 6.07 Å². The number of aliphatic hydroxyl groups excluding tert-OH is 1. The molecule has 2 atom stereocenters. The summed E-state index contributed by atoms with van der Waals surface area (Å²) in [7, 11) is 3.15. The Morgan fingerprint density at radius 3 is 2.89 bits per heavy atom. The van der Waals surface area contributed by atoms with Crippen LogP contribution in [-0.4, -0.2) is 85.1 Å². The number of anilines is 3. The van der Waals surface area contributed by atoms with Crippen LogP contribution in [0.4, 0.5) is 22.1 Å². The number of nitriles is 1. The molecule has 1 saturated heterocycles. The number of hydrogen-bond acceptors (Lipinski definition) is 10. The average molecular weight is 510 g/mol. The first kappa shape index (κ1) is 26.4. The van der Waals surface area contributed by atoms with Crippen molar-refractivity contribution in [1.29, 1.82) is 5.26 Å². The molecule has 12 heteroatoms. The monoisotopic (exact) mass is 509 g/mol. The first-order valence-electron chi connectivity index (χ1n) is 12.1. The first-order chi connectivity index (χ1) is 18.0. The van der Waals surface area contributed by atoms with Gasteiger partial charge in [0.15, 0.2) is 6.29 Å². The second-order valence-electron chi connectivity index (χ2n) is 8.91. The van der Waals surface area contributed by atoms with Crippen molar-refractivity contribution >= 4 is 29.6 Å². The van der Waals surface area contributed by atoms with Gasteiger partial charge in [-0.3, -0.25) is 19.9 Å². The van der Waals surface area contributed by atoms with Crippen LogP contribution in [0.3, 0.4) is 0 Å². The van der Waals surface area contributed by atoms with E-state index in [0.29, 0.717) is 74.5 Å². The smallest absolute Gasteiger partial charge is 0.328 e. The van der Waals surface area contributed by atoms with Gasteiger partial charge in [0.05, 0.1) is 24.0 Å². The minimum Gasteiger partial charge on any atom is -0.383 e. The molecule has 2 aromatic heterocycles. The number of pyridine rings is 2. The van der Waals surface area contributed by atoms with Gasteiger partial charge in [-0.2, -0.15) is 5.26 Å². The molecule has 0 aromatic carbocycles. The van der Waals surface area contributed by atoms with Crippen molar-refractivity contribution in [2.24, 2.45) is 0 Å². The molecule has 2 aliphatic heterocycles. The predicted molar refractivity (Wildman–Crippen MR) is 135 cm³/mol. The van der Waals surface area contributed by atoms with Crippen LogP contribution in [0.15, 0.2) is 18.3 Å². The molecular weight excluding hydrogens is 478 g/mol. The lowest BCUT2D eigenvalue weighted by molar-refractivity contribution is -0.0565. The number of rotatable bonds is 9. The second kappa shape index (κ2) is 12.1. The Morgan fingerprint density at radius 2 is 2.19 bits per heavy atom. The third-order valence-corrected chi connectivity index (χ3v) is 6.60. The maximum absolute atomic E-state index is 13.2. The number of urea groups is 1. The summed E-state index contributed by atoms with van der Waals surface area (Å²) in [5, 5.41) is 25.7. The van der Waals surface area contributed by atoms with E-state index in [2.05, 4.69) is 26.7 Å². The fraction of sp³-hybridized carbons (Fsp3) is 0.480. The molecule has 1 fully saturated rings. The maximum atomic E-state index is 13.2. The lowest BCUT2D eigenvalue weighted by Crippen LogP contribution is -2.40. The van der Waals surface area contributed by atoms with E-state index in [1.165, 1.54) is 11.1 Å².